The molecule has 0 fully saturated rings. The van der Waals surface area contributed by atoms with Gasteiger partial charge in [-0.1, -0.05) is 30.8 Å². The first-order valence-corrected chi connectivity index (χ1v) is 4.23. The van der Waals surface area contributed by atoms with Gasteiger partial charge in [-0.15, -0.1) is 0 Å². The molecule has 2 N–H and O–H groups in total. The lowest BCUT2D eigenvalue weighted by Crippen LogP contribution is -1.96. The number of carboxylic acids is 1. The second kappa shape index (κ2) is 4.58. The maximum Gasteiger partial charge on any atom is 0.307 e. The van der Waals surface area contributed by atoms with Crippen LogP contribution in [0.4, 0.5) is 0 Å². The van der Waals surface area contributed by atoms with Crippen molar-refractivity contribution >= 4 is 11.5 Å². The van der Waals surface area contributed by atoms with E-state index in [-0.39, 0.29) is 13.0 Å². The van der Waals surface area contributed by atoms with Crippen LogP contribution in [0.15, 0.2) is 30.8 Å². The molecule has 14 heavy (non-hydrogen) atoms. The van der Waals surface area contributed by atoms with Gasteiger partial charge in [-0.05, 0) is 16.7 Å². The normalized spacial score (nSPS) is 9.79. The van der Waals surface area contributed by atoms with Crippen LogP contribution < -0.4 is 0 Å². The standard InChI is InChI=1S/C11H12O3/c1-8(6-11(13)14)10-4-2-9(7-12)3-5-10/h2-5,12H,1,6-7H2,(H,13,14). The summed E-state index contributed by atoms with van der Waals surface area (Å²) >= 11 is 0. The summed E-state index contributed by atoms with van der Waals surface area (Å²) < 4.78 is 0. The van der Waals surface area contributed by atoms with Gasteiger partial charge in [0.1, 0.15) is 0 Å². The van der Waals surface area contributed by atoms with Gasteiger partial charge in [0.15, 0.2) is 0 Å². The van der Waals surface area contributed by atoms with E-state index in [1.54, 1.807) is 24.3 Å². The van der Waals surface area contributed by atoms with Gasteiger partial charge >= 0.3 is 5.97 Å². The summed E-state index contributed by atoms with van der Waals surface area (Å²) in [7, 11) is 0. The molecule has 0 bridgehead atoms. The predicted octanol–water partition coefficient (Wildman–Crippen LogP) is 1.67. The highest BCUT2D eigenvalue weighted by molar-refractivity contribution is 5.82. The van der Waals surface area contributed by atoms with Gasteiger partial charge in [-0.3, -0.25) is 4.79 Å². The molecule has 0 heterocycles. The van der Waals surface area contributed by atoms with Crippen molar-refractivity contribution in [3.63, 3.8) is 0 Å². The van der Waals surface area contributed by atoms with E-state index in [0.29, 0.717) is 5.57 Å². The zero-order chi connectivity index (χ0) is 10.6. The quantitative estimate of drug-likeness (QED) is 0.762. The van der Waals surface area contributed by atoms with E-state index >= 15 is 0 Å². The molecule has 1 rings (SSSR count). The maximum absolute atomic E-state index is 10.4. The van der Waals surface area contributed by atoms with Crippen LogP contribution in [0.3, 0.4) is 0 Å². The van der Waals surface area contributed by atoms with Crippen molar-refractivity contribution in [2.45, 2.75) is 13.0 Å². The van der Waals surface area contributed by atoms with Crippen LogP contribution in [0.2, 0.25) is 0 Å². The van der Waals surface area contributed by atoms with Crippen LogP contribution in [0.25, 0.3) is 5.57 Å². The lowest BCUT2D eigenvalue weighted by Gasteiger charge is -2.03. The Labute approximate surface area is 82.3 Å². The largest absolute Gasteiger partial charge is 0.481 e. The SMILES string of the molecule is C=C(CC(=O)O)c1ccc(CO)cc1. The number of benzene rings is 1. The fourth-order valence-electron chi connectivity index (χ4n) is 1.13. The molecule has 0 spiro atoms. The molecular formula is C11H12O3. The third-order valence-corrected chi connectivity index (χ3v) is 1.91. The second-order valence-corrected chi connectivity index (χ2v) is 3.03. The molecule has 3 nitrogen and oxygen atoms in total. The summed E-state index contributed by atoms with van der Waals surface area (Å²) in [6, 6.07) is 7.03. The van der Waals surface area contributed by atoms with Crippen LogP contribution >= 0.6 is 0 Å². The molecule has 0 radical (unpaired) electrons. The minimum atomic E-state index is -0.888. The van der Waals surface area contributed by atoms with Crippen molar-refractivity contribution in [3.8, 4) is 0 Å². The summed E-state index contributed by atoms with van der Waals surface area (Å²) in [6.07, 6.45) is -0.0571. The summed E-state index contributed by atoms with van der Waals surface area (Å²) in [5.74, 6) is -0.888. The van der Waals surface area contributed by atoms with E-state index in [2.05, 4.69) is 6.58 Å². The number of hydrogen-bond donors (Lipinski definition) is 2. The molecule has 1 aromatic rings. The molecule has 0 saturated heterocycles. The van der Waals surface area contributed by atoms with E-state index in [1.807, 2.05) is 0 Å². The van der Waals surface area contributed by atoms with Gasteiger partial charge in [-0.2, -0.15) is 0 Å². The van der Waals surface area contributed by atoms with E-state index in [1.165, 1.54) is 0 Å². The van der Waals surface area contributed by atoms with Crippen LogP contribution in [-0.2, 0) is 11.4 Å². The summed E-state index contributed by atoms with van der Waals surface area (Å²) in [5.41, 5.74) is 2.17. The smallest absolute Gasteiger partial charge is 0.307 e. The van der Waals surface area contributed by atoms with E-state index in [9.17, 15) is 4.79 Å². The van der Waals surface area contributed by atoms with Crippen LogP contribution in [0.1, 0.15) is 17.5 Å². The fourth-order valence-corrected chi connectivity index (χ4v) is 1.13. The number of aliphatic hydroxyl groups excluding tert-OH is 1. The first kappa shape index (κ1) is 10.5. The Morgan fingerprint density at radius 3 is 2.29 bits per heavy atom. The summed E-state index contributed by atoms with van der Waals surface area (Å²) in [5, 5.41) is 17.3. The molecule has 1 aromatic carbocycles. The van der Waals surface area contributed by atoms with Crippen molar-refractivity contribution in [1.29, 1.82) is 0 Å². The lowest BCUT2D eigenvalue weighted by atomic mass is 10.0. The van der Waals surface area contributed by atoms with Gasteiger partial charge in [0, 0.05) is 0 Å². The number of aliphatic hydroxyl groups is 1. The Morgan fingerprint density at radius 1 is 1.29 bits per heavy atom. The minimum Gasteiger partial charge on any atom is -0.481 e. The van der Waals surface area contributed by atoms with Gasteiger partial charge in [0.25, 0.3) is 0 Å². The molecule has 0 aliphatic heterocycles. The molecule has 3 heteroatoms. The summed E-state index contributed by atoms with van der Waals surface area (Å²) in [4.78, 5) is 10.4. The van der Waals surface area contributed by atoms with Crippen LogP contribution in [0, 0.1) is 0 Å². The first-order chi connectivity index (χ1) is 6.63. The van der Waals surface area contributed by atoms with Crippen molar-refractivity contribution in [1.82, 2.24) is 0 Å². The highest BCUT2D eigenvalue weighted by Crippen LogP contribution is 2.16. The van der Waals surface area contributed by atoms with Gasteiger partial charge < -0.3 is 10.2 Å². The number of carboxylic acid groups (broad SMARTS) is 1. The van der Waals surface area contributed by atoms with E-state index in [4.69, 9.17) is 10.2 Å². The molecule has 0 aliphatic carbocycles. The Morgan fingerprint density at radius 2 is 1.86 bits per heavy atom. The van der Waals surface area contributed by atoms with Gasteiger partial charge in [0.05, 0.1) is 13.0 Å². The fraction of sp³-hybridized carbons (Fsp3) is 0.182. The zero-order valence-corrected chi connectivity index (χ0v) is 7.73. The molecule has 0 unspecified atom stereocenters. The predicted molar refractivity (Wildman–Crippen MR) is 53.7 cm³/mol. The maximum atomic E-state index is 10.4. The Hall–Kier alpha value is -1.61. The average molecular weight is 192 g/mol. The number of carbonyl (C=O) groups is 1. The highest BCUT2D eigenvalue weighted by atomic mass is 16.4. The molecule has 74 valence electrons. The number of aliphatic carboxylic acids is 1. The molecule has 0 aliphatic rings. The Bertz CT molecular complexity index is 338. The van der Waals surface area contributed by atoms with Crippen molar-refractivity contribution in [3.05, 3.63) is 42.0 Å². The molecule has 0 amide bonds. The molecule has 0 aromatic heterocycles. The van der Waals surface area contributed by atoms with Crippen molar-refractivity contribution in [2.24, 2.45) is 0 Å². The Balaban J connectivity index is 2.76. The number of rotatable bonds is 4. The summed E-state index contributed by atoms with van der Waals surface area (Å²) in [6.45, 7) is 3.67. The first-order valence-electron chi connectivity index (χ1n) is 4.23. The zero-order valence-electron chi connectivity index (χ0n) is 7.73. The van der Waals surface area contributed by atoms with Crippen LogP contribution in [-0.4, -0.2) is 16.2 Å². The number of hydrogen-bond acceptors (Lipinski definition) is 2. The monoisotopic (exact) mass is 192 g/mol. The van der Waals surface area contributed by atoms with E-state index in [0.717, 1.165) is 11.1 Å². The third-order valence-electron chi connectivity index (χ3n) is 1.91. The lowest BCUT2D eigenvalue weighted by molar-refractivity contribution is -0.135. The minimum absolute atomic E-state index is 0.00825. The van der Waals surface area contributed by atoms with Gasteiger partial charge in [0.2, 0.25) is 0 Å². The average Bonchev–Trinajstić information content (AvgIpc) is 2.17. The second-order valence-electron chi connectivity index (χ2n) is 3.03. The topological polar surface area (TPSA) is 57.5 Å². The van der Waals surface area contributed by atoms with Gasteiger partial charge in [-0.25, -0.2) is 0 Å². The highest BCUT2D eigenvalue weighted by Gasteiger charge is 2.03. The van der Waals surface area contributed by atoms with Crippen LogP contribution in [0.5, 0.6) is 0 Å². The van der Waals surface area contributed by atoms with E-state index < -0.39 is 5.97 Å². The molecule has 0 atom stereocenters. The van der Waals surface area contributed by atoms with Crippen molar-refractivity contribution < 1.29 is 15.0 Å². The Kier molecular flexibility index (Phi) is 3.42. The molecular weight excluding hydrogens is 180 g/mol. The molecule has 0 saturated carbocycles. The van der Waals surface area contributed by atoms with Crippen molar-refractivity contribution in [2.75, 3.05) is 0 Å². The third kappa shape index (κ3) is 2.71.